The molecule has 2 heteroatoms. The standard InChI is InChI=1S/C4H9ClSi/c1-3-4-6(2)5/h3,6H,1,4H2,2H3/t6-/m1/s1. The summed E-state index contributed by atoms with van der Waals surface area (Å²) in [6.45, 7) is 5.64. The van der Waals surface area contributed by atoms with Gasteiger partial charge in [-0.05, 0) is 6.04 Å². The van der Waals surface area contributed by atoms with Crippen LogP contribution >= 0.6 is 11.1 Å². The topological polar surface area (TPSA) is 0 Å². The maximum absolute atomic E-state index is 5.65. The molecule has 0 aliphatic carbocycles. The molecule has 0 aliphatic rings. The number of hydrogen-bond donors (Lipinski definition) is 0. The van der Waals surface area contributed by atoms with Gasteiger partial charge >= 0.3 is 0 Å². The van der Waals surface area contributed by atoms with Gasteiger partial charge in [0.05, 0.1) is 0 Å². The van der Waals surface area contributed by atoms with E-state index in [2.05, 4.69) is 13.1 Å². The minimum atomic E-state index is -0.816. The molecule has 0 fully saturated rings. The van der Waals surface area contributed by atoms with Crippen LogP contribution < -0.4 is 0 Å². The van der Waals surface area contributed by atoms with Crippen molar-refractivity contribution in [3.8, 4) is 0 Å². The average Bonchev–Trinajstić information content (AvgIpc) is 1.35. The maximum atomic E-state index is 5.65. The molecule has 36 valence electrons. The van der Waals surface area contributed by atoms with Gasteiger partial charge in [0.15, 0.2) is 0 Å². The van der Waals surface area contributed by atoms with Crippen LogP contribution in [-0.2, 0) is 0 Å². The molecule has 0 rings (SSSR count). The Hall–Kier alpha value is 0.247. The van der Waals surface area contributed by atoms with Gasteiger partial charge in [0, 0.05) is 0 Å². The van der Waals surface area contributed by atoms with Crippen LogP contribution in [0.5, 0.6) is 0 Å². The van der Waals surface area contributed by atoms with E-state index in [1.807, 2.05) is 6.08 Å². The molecule has 0 heterocycles. The molecule has 1 atom stereocenters. The fraction of sp³-hybridized carbons (Fsp3) is 0.500. The molecular formula is C4H9ClSi. The summed E-state index contributed by atoms with van der Waals surface area (Å²) < 4.78 is 0. The fourth-order valence-corrected chi connectivity index (χ4v) is 1.07. The first-order valence-electron chi connectivity index (χ1n) is 2.02. The lowest BCUT2D eigenvalue weighted by Gasteiger charge is -1.86. The molecule has 0 nitrogen and oxygen atoms in total. The maximum Gasteiger partial charge on any atom is 0.141 e. The summed E-state index contributed by atoms with van der Waals surface area (Å²) in [5.41, 5.74) is 0. The van der Waals surface area contributed by atoms with Crippen molar-refractivity contribution in [2.45, 2.75) is 12.6 Å². The van der Waals surface area contributed by atoms with E-state index in [9.17, 15) is 0 Å². The van der Waals surface area contributed by atoms with E-state index in [0.717, 1.165) is 6.04 Å². The van der Waals surface area contributed by atoms with Gasteiger partial charge in [0.25, 0.3) is 0 Å². The van der Waals surface area contributed by atoms with Gasteiger partial charge in [-0.25, -0.2) is 0 Å². The van der Waals surface area contributed by atoms with Crippen molar-refractivity contribution in [1.82, 2.24) is 0 Å². The van der Waals surface area contributed by atoms with Crippen LogP contribution in [0.2, 0.25) is 12.6 Å². The molecule has 0 radical (unpaired) electrons. The van der Waals surface area contributed by atoms with Gasteiger partial charge in [0.2, 0.25) is 0 Å². The number of rotatable bonds is 2. The van der Waals surface area contributed by atoms with E-state index in [1.54, 1.807) is 0 Å². The van der Waals surface area contributed by atoms with E-state index >= 15 is 0 Å². The van der Waals surface area contributed by atoms with Crippen molar-refractivity contribution in [1.29, 1.82) is 0 Å². The Labute approximate surface area is 45.1 Å². The highest BCUT2D eigenvalue weighted by molar-refractivity contribution is 7.06. The minimum Gasteiger partial charge on any atom is -0.172 e. The lowest BCUT2D eigenvalue weighted by Crippen LogP contribution is -1.89. The van der Waals surface area contributed by atoms with E-state index in [0.29, 0.717) is 0 Å². The van der Waals surface area contributed by atoms with Crippen molar-refractivity contribution >= 4 is 19.2 Å². The average molecular weight is 121 g/mol. The normalized spacial score (nSPS) is 13.7. The van der Waals surface area contributed by atoms with E-state index in [1.165, 1.54) is 0 Å². The molecule has 0 saturated heterocycles. The molecular weight excluding hydrogens is 112 g/mol. The van der Waals surface area contributed by atoms with Crippen LogP contribution in [0.4, 0.5) is 0 Å². The SMILES string of the molecule is C=CC[Si@@H](C)Cl. The Morgan fingerprint density at radius 3 is 2.50 bits per heavy atom. The van der Waals surface area contributed by atoms with E-state index < -0.39 is 8.11 Å². The Balaban J connectivity index is 2.81. The Morgan fingerprint density at radius 2 is 2.50 bits per heavy atom. The van der Waals surface area contributed by atoms with Gasteiger partial charge in [-0.15, -0.1) is 6.58 Å². The molecule has 0 amide bonds. The third kappa shape index (κ3) is 4.25. The fourth-order valence-electron chi connectivity index (χ4n) is 0.230. The van der Waals surface area contributed by atoms with Gasteiger partial charge < -0.3 is 0 Å². The molecule has 0 aromatic carbocycles. The molecule has 0 unspecified atom stereocenters. The quantitative estimate of drug-likeness (QED) is 0.296. The first kappa shape index (κ1) is 6.25. The zero-order valence-electron chi connectivity index (χ0n) is 3.95. The summed E-state index contributed by atoms with van der Waals surface area (Å²) in [5, 5.41) is 0. The zero-order chi connectivity index (χ0) is 4.99. The number of halogens is 1. The lowest BCUT2D eigenvalue weighted by molar-refractivity contribution is 1.69. The van der Waals surface area contributed by atoms with Crippen molar-refractivity contribution < 1.29 is 0 Å². The highest BCUT2D eigenvalue weighted by atomic mass is 35.6. The summed E-state index contributed by atoms with van der Waals surface area (Å²) >= 11 is 5.65. The second-order valence-corrected chi connectivity index (χ2v) is 5.57. The van der Waals surface area contributed by atoms with Crippen molar-refractivity contribution in [3.05, 3.63) is 12.7 Å². The van der Waals surface area contributed by atoms with Crippen LogP contribution in [0.15, 0.2) is 12.7 Å². The number of allylic oxidation sites excluding steroid dienone is 1. The molecule has 0 aliphatic heterocycles. The van der Waals surface area contributed by atoms with E-state index in [4.69, 9.17) is 11.1 Å². The molecule has 0 saturated carbocycles. The molecule has 6 heavy (non-hydrogen) atoms. The van der Waals surface area contributed by atoms with Crippen molar-refractivity contribution in [2.24, 2.45) is 0 Å². The first-order valence-corrected chi connectivity index (χ1v) is 5.74. The number of hydrogen-bond acceptors (Lipinski definition) is 0. The largest absolute Gasteiger partial charge is 0.172 e. The first-order chi connectivity index (χ1) is 2.77. The van der Waals surface area contributed by atoms with Gasteiger partial charge in [-0.2, -0.15) is 11.1 Å². The van der Waals surface area contributed by atoms with Crippen molar-refractivity contribution in [2.75, 3.05) is 0 Å². The van der Waals surface area contributed by atoms with Crippen LogP contribution in [-0.4, -0.2) is 8.11 Å². The van der Waals surface area contributed by atoms with Crippen LogP contribution in [0.3, 0.4) is 0 Å². The smallest absolute Gasteiger partial charge is 0.141 e. The Kier molecular flexibility index (Phi) is 3.58. The van der Waals surface area contributed by atoms with E-state index in [-0.39, 0.29) is 0 Å². The van der Waals surface area contributed by atoms with Crippen molar-refractivity contribution in [3.63, 3.8) is 0 Å². The second kappa shape index (κ2) is 3.44. The highest BCUT2D eigenvalue weighted by Gasteiger charge is 1.89. The lowest BCUT2D eigenvalue weighted by atomic mass is 10.8. The van der Waals surface area contributed by atoms with Gasteiger partial charge in [-0.1, -0.05) is 12.6 Å². The van der Waals surface area contributed by atoms with Gasteiger partial charge in [-0.3, -0.25) is 0 Å². The Bertz CT molecular complexity index is 42.8. The molecule has 0 bridgehead atoms. The Morgan fingerprint density at radius 1 is 2.00 bits per heavy atom. The summed E-state index contributed by atoms with van der Waals surface area (Å²) in [6, 6.07) is 1.04. The minimum absolute atomic E-state index is 0.816. The molecule has 0 spiro atoms. The van der Waals surface area contributed by atoms with Gasteiger partial charge in [0.1, 0.15) is 8.11 Å². The monoisotopic (exact) mass is 120 g/mol. The summed E-state index contributed by atoms with van der Waals surface area (Å²) in [6.07, 6.45) is 1.88. The zero-order valence-corrected chi connectivity index (χ0v) is 5.86. The summed E-state index contributed by atoms with van der Waals surface area (Å²) in [7, 11) is -0.816. The molecule has 0 aromatic heterocycles. The predicted molar refractivity (Wildman–Crippen MR) is 33.9 cm³/mol. The van der Waals surface area contributed by atoms with Crippen LogP contribution in [0.25, 0.3) is 0 Å². The third-order valence-corrected chi connectivity index (χ3v) is 2.01. The third-order valence-electron chi connectivity index (χ3n) is 0.491. The molecule has 0 N–H and O–H groups in total. The second-order valence-electron chi connectivity index (χ2n) is 1.31. The summed E-state index contributed by atoms with van der Waals surface area (Å²) in [4.78, 5) is 0. The highest BCUT2D eigenvalue weighted by Crippen LogP contribution is 1.94. The molecule has 0 aromatic rings. The summed E-state index contributed by atoms with van der Waals surface area (Å²) in [5.74, 6) is 0. The predicted octanol–water partition coefficient (Wildman–Crippen LogP) is 1.76. The van der Waals surface area contributed by atoms with Crippen LogP contribution in [0, 0.1) is 0 Å². The van der Waals surface area contributed by atoms with Crippen LogP contribution in [0.1, 0.15) is 0 Å².